The zero-order valence-corrected chi connectivity index (χ0v) is 10.5. The molecule has 0 atom stereocenters. The molecule has 1 aromatic carbocycles. The molecule has 0 unspecified atom stereocenters. The average Bonchev–Trinajstić information content (AvgIpc) is 2.45. The fraction of sp³-hybridized carbons (Fsp3) is 0.0625. The van der Waals surface area contributed by atoms with E-state index in [1.54, 1.807) is 0 Å². The molecule has 0 heterocycles. The van der Waals surface area contributed by atoms with Crippen molar-refractivity contribution in [2.45, 2.75) is 0 Å². The first-order valence-corrected chi connectivity index (χ1v) is 5.43. The van der Waals surface area contributed by atoms with Crippen LogP contribution in [0.5, 0.6) is 0 Å². The molecule has 18 heavy (non-hydrogen) atoms. The normalized spacial score (nSPS) is 8.22. The first-order valence-electron chi connectivity index (χ1n) is 5.43. The summed E-state index contributed by atoms with van der Waals surface area (Å²) in [5, 5.41) is 0. The largest absolute Gasteiger partial charge is 0.458 e. The van der Waals surface area contributed by atoms with E-state index >= 15 is 0 Å². The summed E-state index contributed by atoms with van der Waals surface area (Å²) in [6, 6.07) is 8.07. The SMILES string of the molecule is C=CCOC(=O)C=C.C=Cc1ccc(C=C)cc1. The van der Waals surface area contributed by atoms with E-state index in [4.69, 9.17) is 0 Å². The molecule has 1 aromatic rings. The lowest BCUT2D eigenvalue weighted by atomic mass is 10.1. The summed E-state index contributed by atoms with van der Waals surface area (Å²) >= 11 is 0. The van der Waals surface area contributed by atoms with Crippen molar-refractivity contribution < 1.29 is 9.53 Å². The first kappa shape index (κ1) is 15.7. The molecular weight excluding hydrogens is 224 g/mol. The molecule has 0 aromatic heterocycles. The Kier molecular flexibility index (Phi) is 8.56. The Bertz CT molecular complexity index is 386. The van der Waals surface area contributed by atoms with Gasteiger partial charge in [-0.1, -0.05) is 68.8 Å². The van der Waals surface area contributed by atoms with Gasteiger partial charge in [-0.2, -0.15) is 0 Å². The quantitative estimate of drug-likeness (QED) is 0.445. The van der Waals surface area contributed by atoms with Crippen molar-refractivity contribution in [1.29, 1.82) is 0 Å². The molecule has 0 saturated heterocycles. The van der Waals surface area contributed by atoms with Gasteiger partial charge in [0.2, 0.25) is 0 Å². The second kappa shape index (κ2) is 9.85. The molecule has 1 rings (SSSR count). The molecule has 0 N–H and O–H groups in total. The van der Waals surface area contributed by atoms with Crippen molar-refractivity contribution in [1.82, 2.24) is 0 Å². The van der Waals surface area contributed by atoms with Gasteiger partial charge < -0.3 is 4.74 Å². The maximum Gasteiger partial charge on any atom is 0.330 e. The minimum atomic E-state index is -0.412. The van der Waals surface area contributed by atoms with Gasteiger partial charge in [-0.05, 0) is 11.1 Å². The maximum atomic E-state index is 10.2. The van der Waals surface area contributed by atoms with E-state index in [2.05, 4.69) is 31.1 Å². The lowest BCUT2D eigenvalue weighted by Gasteiger charge is -1.92. The number of esters is 1. The summed E-state index contributed by atoms with van der Waals surface area (Å²) in [5.74, 6) is -0.412. The smallest absolute Gasteiger partial charge is 0.330 e. The molecule has 0 bridgehead atoms. The van der Waals surface area contributed by atoms with Gasteiger partial charge in [0.25, 0.3) is 0 Å². The number of carbonyl (C=O) groups is 1. The van der Waals surface area contributed by atoms with Crippen molar-refractivity contribution in [3.8, 4) is 0 Å². The highest BCUT2D eigenvalue weighted by molar-refractivity contribution is 5.81. The van der Waals surface area contributed by atoms with Gasteiger partial charge in [-0.25, -0.2) is 4.79 Å². The van der Waals surface area contributed by atoms with Crippen LogP contribution < -0.4 is 0 Å². The fourth-order valence-corrected chi connectivity index (χ4v) is 0.968. The molecule has 0 fully saturated rings. The predicted octanol–water partition coefficient (Wildman–Crippen LogP) is 3.87. The van der Waals surface area contributed by atoms with Crippen molar-refractivity contribution in [2.24, 2.45) is 0 Å². The summed E-state index contributed by atoms with van der Waals surface area (Å²) in [5.41, 5.74) is 2.29. The van der Waals surface area contributed by atoms with Crippen molar-refractivity contribution in [2.75, 3.05) is 6.61 Å². The summed E-state index contributed by atoms with van der Waals surface area (Å²) in [6.45, 7) is 14.1. The van der Waals surface area contributed by atoms with E-state index in [1.807, 2.05) is 36.4 Å². The summed E-state index contributed by atoms with van der Waals surface area (Å²) in [4.78, 5) is 10.2. The Morgan fingerprint density at radius 2 is 1.44 bits per heavy atom. The topological polar surface area (TPSA) is 26.3 Å². The number of hydrogen-bond donors (Lipinski definition) is 0. The minimum absolute atomic E-state index is 0.255. The highest BCUT2D eigenvalue weighted by Crippen LogP contribution is 2.05. The number of benzene rings is 1. The summed E-state index contributed by atoms with van der Waals surface area (Å²) in [7, 11) is 0. The van der Waals surface area contributed by atoms with Gasteiger partial charge in [0.1, 0.15) is 6.61 Å². The Morgan fingerprint density at radius 1 is 1.00 bits per heavy atom. The second-order valence-electron chi connectivity index (χ2n) is 3.20. The molecule has 0 amide bonds. The van der Waals surface area contributed by atoms with Crippen molar-refractivity contribution in [3.05, 3.63) is 73.9 Å². The van der Waals surface area contributed by atoms with E-state index in [-0.39, 0.29) is 6.61 Å². The summed E-state index contributed by atoms with van der Waals surface area (Å²) in [6.07, 6.45) is 6.27. The number of hydrogen-bond acceptors (Lipinski definition) is 2. The van der Waals surface area contributed by atoms with E-state index in [9.17, 15) is 4.79 Å². The lowest BCUT2D eigenvalue weighted by Crippen LogP contribution is -1.98. The molecular formula is C16H18O2. The van der Waals surface area contributed by atoms with Gasteiger partial charge in [-0.15, -0.1) is 0 Å². The number of ether oxygens (including phenoxy) is 1. The van der Waals surface area contributed by atoms with Crippen LogP contribution in [0.15, 0.2) is 62.7 Å². The van der Waals surface area contributed by atoms with Crippen LogP contribution in [0.4, 0.5) is 0 Å². The van der Waals surface area contributed by atoms with Crippen LogP contribution in [-0.2, 0) is 9.53 Å². The molecule has 0 saturated carbocycles. The minimum Gasteiger partial charge on any atom is -0.458 e. The highest BCUT2D eigenvalue weighted by Gasteiger charge is 1.88. The Hall–Kier alpha value is -2.35. The lowest BCUT2D eigenvalue weighted by molar-refractivity contribution is -0.136. The first-order chi connectivity index (χ1) is 8.67. The van der Waals surface area contributed by atoms with Crippen LogP contribution in [0.3, 0.4) is 0 Å². The number of rotatable bonds is 5. The predicted molar refractivity (Wildman–Crippen MR) is 78.0 cm³/mol. The van der Waals surface area contributed by atoms with Crippen LogP contribution in [0.2, 0.25) is 0 Å². The average molecular weight is 242 g/mol. The van der Waals surface area contributed by atoms with Gasteiger partial charge in [0, 0.05) is 6.08 Å². The Balaban J connectivity index is 0.000000331. The van der Waals surface area contributed by atoms with Crippen LogP contribution in [0.1, 0.15) is 11.1 Å². The zero-order valence-electron chi connectivity index (χ0n) is 10.5. The zero-order chi connectivity index (χ0) is 13.8. The molecule has 2 heteroatoms. The molecule has 0 radical (unpaired) electrons. The maximum absolute atomic E-state index is 10.2. The van der Waals surface area contributed by atoms with Gasteiger partial charge in [0.05, 0.1) is 0 Å². The van der Waals surface area contributed by atoms with E-state index < -0.39 is 5.97 Å². The van der Waals surface area contributed by atoms with Gasteiger partial charge in [0.15, 0.2) is 0 Å². The molecule has 0 spiro atoms. The second-order valence-corrected chi connectivity index (χ2v) is 3.20. The Morgan fingerprint density at radius 3 is 1.72 bits per heavy atom. The highest BCUT2D eigenvalue weighted by atomic mass is 16.5. The standard InChI is InChI=1S/C10H10.C6H8O2/c1-3-9-5-7-10(4-2)8-6-9;1-3-5-8-6(7)4-2/h3-8H,1-2H2;3-4H,1-2,5H2. The van der Waals surface area contributed by atoms with Gasteiger partial charge in [-0.3, -0.25) is 0 Å². The molecule has 2 nitrogen and oxygen atoms in total. The monoisotopic (exact) mass is 242 g/mol. The number of carbonyl (C=O) groups excluding carboxylic acids is 1. The molecule has 0 aliphatic rings. The molecule has 94 valence electrons. The van der Waals surface area contributed by atoms with Gasteiger partial charge >= 0.3 is 5.97 Å². The third kappa shape index (κ3) is 7.01. The van der Waals surface area contributed by atoms with Crippen LogP contribution in [-0.4, -0.2) is 12.6 Å². The Labute approximate surface area is 109 Å². The molecule has 0 aliphatic heterocycles. The third-order valence-electron chi connectivity index (χ3n) is 1.92. The fourth-order valence-electron chi connectivity index (χ4n) is 0.968. The van der Waals surface area contributed by atoms with E-state index in [0.29, 0.717) is 0 Å². The van der Waals surface area contributed by atoms with Crippen LogP contribution >= 0.6 is 0 Å². The van der Waals surface area contributed by atoms with Crippen LogP contribution in [0, 0.1) is 0 Å². The molecule has 0 aliphatic carbocycles. The van der Waals surface area contributed by atoms with Crippen LogP contribution in [0.25, 0.3) is 12.2 Å². The van der Waals surface area contributed by atoms with E-state index in [0.717, 1.165) is 17.2 Å². The van der Waals surface area contributed by atoms with E-state index in [1.165, 1.54) is 6.08 Å². The summed E-state index contributed by atoms with van der Waals surface area (Å²) < 4.78 is 4.47. The van der Waals surface area contributed by atoms with Crippen molar-refractivity contribution in [3.63, 3.8) is 0 Å². The third-order valence-corrected chi connectivity index (χ3v) is 1.92. The van der Waals surface area contributed by atoms with Crippen molar-refractivity contribution >= 4 is 18.1 Å².